The van der Waals surface area contributed by atoms with Crippen molar-refractivity contribution in [2.75, 3.05) is 13.1 Å². The summed E-state index contributed by atoms with van der Waals surface area (Å²) in [5, 5.41) is 0. The largest absolute Gasteiger partial charge is 0.439 e. The number of rotatable bonds is 2. The van der Waals surface area contributed by atoms with E-state index in [0.29, 0.717) is 0 Å². The minimum absolute atomic E-state index is 0.821. The first-order chi connectivity index (χ1) is 9.99. The van der Waals surface area contributed by atoms with Gasteiger partial charge in [0.15, 0.2) is 5.58 Å². The molecule has 0 N–H and O–H groups in total. The summed E-state index contributed by atoms with van der Waals surface area (Å²) in [6, 6.07) is 6.06. The van der Waals surface area contributed by atoms with Crippen LogP contribution in [0, 0.1) is 11.5 Å². The summed E-state index contributed by atoms with van der Waals surface area (Å²) in [5.41, 5.74) is 6.21. The highest BCUT2D eigenvalue weighted by atomic mass is 28.3. The molecule has 21 heavy (non-hydrogen) atoms. The van der Waals surface area contributed by atoms with Crippen molar-refractivity contribution in [1.29, 1.82) is 0 Å². The minimum atomic E-state index is -1.34. The molecule has 1 aromatic heterocycles. The first-order valence-electron chi connectivity index (χ1n) is 7.65. The molecule has 3 rings (SSSR count). The van der Waals surface area contributed by atoms with Gasteiger partial charge in [0.1, 0.15) is 13.6 Å². The molecule has 2 aromatic rings. The van der Waals surface area contributed by atoms with Crippen LogP contribution in [0.4, 0.5) is 0 Å². The number of likely N-dealkylation sites (tertiary alicyclic amines) is 1. The second kappa shape index (κ2) is 5.67. The Morgan fingerprint density at radius 3 is 2.71 bits per heavy atom. The van der Waals surface area contributed by atoms with Crippen LogP contribution in [0.5, 0.6) is 0 Å². The molecule has 0 spiro atoms. The van der Waals surface area contributed by atoms with E-state index >= 15 is 0 Å². The molecular formula is C17H22N2OSi. The van der Waals surface area contributed by atoms with Crippen molar-refractivity contribution >= 4 is 19.2 Å². The molecule has 0 saturated carbocycles. The molecule has 4 heteroatoms. The zero-order valence-electron chi connectivity index (χ0n) is 13.1. The van der Waals surface area contributed by atoms with Crippen LogP contribution in [0.3, 0.4) is 0 Å². The third-order valence-corrected chi connectivity index (χ3v) is 4.45. The van der Waals surface area contributed by atoms with Crippen LogP contribution < -0.4 is 0 Å². The SMILES string of the molecule is C[Si](C)(C)C#Cc1ccc2oc(CN3CCCC3)nc2c1. The van der Waals surface area contributed by atoms with Gasteiger partial charge in [0.05, 0.1) is 6.54 Å². The smallest absolute Gasteiger partial charge is 0.209 e. The molecule has 3 nitrogen and oxygen atoms in total. The molecule has 0 bridgehead atoms. The highest BCUT2D eigenvalue weighted by Gasteiger charge is 2.15. The first kappa shape index (κ1) is 14.4. The summed E-state index contributed by atoms with van der Waals surface area (Å²) in [7, 11) is -1.34. The van der Waals surface area contributed by atoms with E-state index < -0.39 is 8.07 Å². The molecule has 0 atom stereocenters. The van der Waals surface area contributed by atoms with Crippen molar-refractivity contribution in [3.05, 3.63) is 29.7 Å². The highest BCUT2D eigenvalue weighted by molar-refractivity contribution is 6.83. The van der Waals surface area contributed by atoms with E-state index in [-0.39, 0.29) is 0 Å². The Kier molecular flexibility index (Phi) is 3.88. The zero-order chi connectivity index (χ0) is 14.9. The lowest BCUT2D eigenvalue weighted by atomic mass is 10.2. The van der Waals surface area contributed by atoms with Crippen LogP contribution in [0.15, 0.2) is 22.6 Å². The van der Waals surface area contributed by atoms with Crippen LogP contribution in [-0.2, 0) is 6.54 Å². The summed E-state index contributed by atoms with van der Waals surface area (Å²) in [5.74, 6) is 4.10. The fourth-order valence-electron chi connectivity index (χ4n) is 2.51. The van der Waals surface area contributed by atoms with Crippen molar-refractivity contribution < 1.29 is 4.42 Å². The summed E-state index contributed by atoms with van der Waals surface area (Å²) in [4.78, 5) is 7.02. The van der Waals surface area contributed by atoms with Crippen LogP contribution in [0.2, 0.25) is 19.6 Å². The van der Waals surface area contributed by atoms with Gasteiger partial charge in [-0.2, -0.15) is 0 Å². The van der Waals surface area contributed by atoms with E-state index in [4.69, 9.17) is 4.42 Å². The maximum Gasteiger partial charge on any atom is 0.209 e. The molecule has 1 aliphatic rings. The fourth-order valence-corrected chi connectivity index (χ4v) is 3.03. The number of fused-ring (bicyclic) bond motifs is 1. The summed E-state index contributed by atoms with van der Waals surface area (Å²) >= 11 is 0. The zero-order valence-corrected chi connectivity index (χ0v) is 14.1. The van der Waals surface area contributed by atoms with Crippen molar-refractivity contribution in [2.24, 2.45) is 0 Å². The molecule has 110 valence electrons. The van der Waals surface area contributed by atoms with Gasteiger partial charge in [-0.1, -0.05) is 25.6 Å². The minimum Gasteiger partial charge on any atom is -0.439 e. The quantitative estimate of drug-likeness (QED) is 0.626. The average Bonchev–Trinajstić information content (AvgIpc) is 3.04. The number of hydrogen-bond donors (Lipinski definition) is 0. The van der Waals surface area contributed by atoms with Crippen LogP contribution in [0.25, 0.3) is 11.1 Å². The third-order valence-electron chi connectivity index (χ3n) is 3.57. The van der Waals surface area contributed by atoms with E-state index in [1.54, 1.807) is 0 Å². The van der Waals surface area contributed by atoms with Gasteiger partial charge in [-0.25, -0.2) is 4.98 Å². The lowest BCUT2D eigenvalue weighted by molar-refractivity contribution is 0.295. The van der Waals surface area contributed by atoms with E-state index in [9.17, 15) is 0 Å². The van der Waals surface area contributed by atoms with Crippen LogP contribution in [0.1, 0.15) is 24.3 Å². The Morgan fingerprint density at radius 2 is 2.00 bits per heavy atom. The molecule has 0 unspecified atom stereocenters. The van der Waals surface area contributed by atoms with E-state index in [2.05, 4.69) is 41.0 Å². The number of benzene rings is 1. The van der Waals surface area contributed by atoms with Gasteiger partial charge in [-0.15, -0.1) is 5.54 Å². The van der Waals surface area contributed by atoms with E-state index in [0.717, 1.165) is 42.2 Å². The normalized spacial score (nSPS) is 16.1. The Balaban J connectivity index is 1.82. The number of nitrogens with zero attached hydrogens (tertiary/aromatic N) is 2. The molecule has 1 saturated heterocycles. The Hall–Kier alpha value is -1.57. The predicted octanol–water partition coefficient (Wildman–Crippen LogP) is 3.65. The second-order valence-electron chi connectivity index (χ2n) is 6.77. The number of oxazole rings is 1. The Labute approximate surface area is 127 Å². The van der Waals surface area contributed by atoms with Gasteiger partial charge in [0, 0.05) is 5.56 Å². The fraction of sp³-hybridized carbons (Fsp3) is 0.471. The lowest BCUT2D eigenvalue weighted by Gasteiger charge is -2.10. The monoisotopic (exact) mass is 298 g/mol. The maximum atomic E-state index is 5.84. The van der Waals surface area contributed by atoms with Crippen molar-refractivity contribution in [3.63, 3.8) is 0 Å². The molecule has 1 aliphatic heterocycles. The van der Waals surface area contributed by atoms with E-state index in [1.807, 2.05) is 18.2 Å². The van der Waals surface area contributed by atoms with Crippen molar-refractivity contribution in [3.8, 4) is 11.5 Å². The summed E-state index contributed by atoms with van der Waals surface area (Å²) in [6.07, 6.45) is 2.58. The molecule has 2 heterocycles. The number of aromatic nitrogens is 1. The highest BCUT2D eigenvalue weighted by Crippen LogP contribution is 2.19. The van der Waals surface area contributed by atoms with Gasteiger partial charge in [0.25, 0.3) is 0 Å². The van der Waals surface area contributed by atoms with E-state index in [1.165, 1.54) is 12.8 Å². The molecule has 1 aromatic carbocycles. The first-order valence-corrected chi connectivity index (χ1v) is 11.1. The second-order valence-corrected chi connectivity index (χ2v) is 11.5. The van der Waals surface area contributed by atoms with Crippen molar-refractivity contribution in [1.82, 2.24) is 9.88 Å². The van der Waals surface area contributed by atoms with Crippen molar-refractivity contribution in [2.45, 2.75) is 39.0 Å². The molecular weight excluding hydrogens is 276 g/mol. The van der Waals surface area contributed by atoms with Crippen LogP contribution >= 0.6 is 0 Å². The van der Waals surface area contributed by atoms with Gasteiger partial charge < -0.3 is 4.42 Å². The average molecular weight is 298 g/mol. The Morgan fingerprint density at radius 1 is 1.24 bits per heavy atom. The molecule has 0 aliphatic carbocycles. The number of hydrogen-bond acceptors (Lipinski definition) is 3. The lowest BCUT2D eigenvalue weighted by Crippen LogP contribution is -2.18. The maximum absolute atomic E-state index is 5.84. The van der Waals surface area contributed by atoms with Crippen LogP contribution in [-0.4, -0.2) is 31.0 Å². The molecule has 0 radical (unpaired) electrons. The topological polar surface area (TPSA) is 29.3 Å². The van der Waals surface area contributed by atoms with Gasteiger partial charge in [-0.3, -0.25) is 4.90 Å². The predicted molar refractivity (Wildman–Crippen MR) is 88.7 cm³/mol. The summed E-state index contributed by atoms with van der Waals surface area (Å²) < 4.78 is 5.84. The molecule has 0 amide bonds. The third kappa shape index (κ3) is 3.75. The summed E-state index contributed by atoms with van der Waals surface area (Å²) in [6.45, 7) is 9.90. The van der Waals surface area contributed by atoms with Gasteiger partial charge >= 0.3 is 0 Å². The molecule has 1 fully saturated rings. The van der Waals surface area contributed by atoms with Gasteiger partial charge in [0.2, 0.25) is 5.89 Å². The van der Waals surface area contributed by atoms with Gasteiger partial charge in [-0.05, 0) is 44.1 Å². The Bertz CT molecular complexity index is 697. The standard InChI is InChI=1S/C17H22N2OSi/c1-21(2,3)11-8-14-6-7-16-15(12-14)18-17(20-16)13-19-9-4-5-10-19/h6-7,12H,4-5,9-10,13H2,1-3H3.